The number of rotatable bonds is 6. The first-order valence-electron chi connectivity index (χ1n) is 7.75. The number of aromatic nitrogens is 3. The lowest BCUT2D eigenvalue weighted by Gasteiger charge is -2.31. The van der Waals surface area contributed by atoms with Gasteiger partial charge in [-0.2, -0.15) is 0 Å². The van der Waals surface area contributed by atoms with Crippen LogP contribution < -0.4 is 5.48 Å². The Balaban J connectivity index is 2.03. The minimum Gasteiger partial charge on any atom is -0.394 e. The first-order chi connectivity index (χ1) is 11.6. The Bertz CT molecular complexity index is 708. The normalized spacial score (nSPS) is 30.1. The maximum absolute atomic E-state index is 10.4. The molecule has 0 bridgehead atoms. The minimum atomic E-state index is -1.03. The van der Waals surface area contributed by atoms with Crippen LogP contribution in [0.3, 0.4) is 0 Å². The first-order valence-corrected chi connectivity index (χ1v) is 7.75. The number of aliphatic hydroxyl groups excluding tert-OH is 2. The van der Waals surface area contributed by atoms with Gasteiger partial charge in [0.05, 0.1) is 18.6 Å². The van der Waals surface area contributed by atoms with Crippen molar-refractivity contribution in [2.45, 2.75) is 37.9 Å². The molecule has 0 aromatic carbocycles. The van der Waals surface area contributed by atoms with Gasteiger partial charge >= 0.3 is 0 Å². The summed E-state index contributed by atoms with van der Waals surface area (Å²) in [5.41, 5.74) is 2.35. The molecule has 2 aromatic rings. The summed E-state index contributed by atoms with van der Waals surface area (Å²) in [4.78, 5) is 13.7. The molecule has 9 nitrogen and oxygen atoms in total. The van der Waals surface area contributed by atoms with Gasteiger partial charge in [-0.15, -0.1) is 0 Å². The molecule has 1 saturated heterocycles. The van der Waals surface area contributed by atoms with E-state index in [1.54, 1.807) is 17.7 Å². The second-order valence-corrected chi connectivity index (χ2v) is 5.76. The maximum Gasteiger partial charge on any atom is 0.167 e. The standard InChI is InChI=1S/C15H22N4O5/c1-4-23-18-12-9-5-6-19(13(9)17-8-16-12)14-15(2,22-3)11(21)10(7-20)24-14/h5-6,8,10-11,14,20-21H,4,7H2,1-3H3,(H,16,17,18)/t10?,11?,14-,15-/m1/s1. The molecule has 0 aliphatic carbocycles. The number of hydrogen-bond acceptors (Lipinski definition) is 8. The monoisotopic (exact) mass is 338 g/mol. The smallest absolute Gasteiger partial charge is 0.167 e. The molecule has 2 unspecified atom stereocenters. The van der Waals surface area contributed by atoms with Crippen molar-refractivity contribution in [1.82, 2.24) is 14.5 Å². The second-order valence-electron chi connectivity index (χ2n) is 5.76. The van der Waals surface area contributed by atoms with E-state index in [1.807, 2.05) is 13.0 Å². The van der Waals surface area contributed by atoms with Gasteiger partial charge < -0.3 is 24.3 Å². The molecule has 2 aromatic heterocycles. The fourth-order valence-corrected chi connectivity index (χ4v) is 2.98. The van der Waals surface area contributed by atoms with Crippen LogP contribution in [0.25, 0.3) is 11.0 Å². The number of nitrogens with one attached hydrogen (secondary N) is 1. The summed E-state index contributed by atoms with van der Waals surface area (Å²) in [6.45, 7) is 3.79. The van der Waals surface area contributed by atoms with Crippen LogP contribution in [-0.4, -0.2) is 62.9 Å². The van der Waals surface area contributed by atoms with Crippen molar-refractivity contribution in [2.75, 3.05) is 25.8 Å². The van der Waals surface area contributed by atoms with Crippen molar-refractivity contribution in [3.63, 3.8) is 0 Å². The number of hydrogen-bond donors (Lipinski definition) is 3. The summed E-state index contributed by atoms with van der Waals surface area (Å²) in [5, 5.41) is 20.6. The molecule has 0 saturated carbocycles. The molecule has 3 N–H and O–H groups in total. The van der Waals surface area contributed by atoms with E-state index in [1.165, 1.54) is 13.4 Å². The zero-order valence-corrected chi connectivity index (χ0v) is 13.8. The van der Waals surface area contributed by atoms with Crippen LogP contribution in [0.2, 0.25) is 0 Å². The molecule has 0 amide bonds. The predicted molar refractivity (Wildman–Crippen MR) is 85.2 cm³/mol. The van der Waals surface area contributed by atoms with Crippen molar-refractivity contribution in [1.29, 1.82) is 0 Å². The summed E-state index contributed by atoms with van der Waals surface area (Å²) < 4.78 is 13.1. The van der Waals surface area contributed by atoms with Crippen molar-refractivity contribution in [2.24, 2.45) is 0 Å². The average Bonchev–Trinajstić information content (AvgIpc) is 3.13. The number of aliphatic hydroxyl groups is 2. The third-order valence-corrected chi connectivity index (χ3v) is 4.43. The fourth-order valence-electron chi connectivity index (χ4n) is 2.98. The van der Waals surface area contributed by atoms with E-state index in [4.69, 9.17) is 14.3 Å². The van der Waals surface area contributed by atoms with Gasteiger partial charge in [-0.25, -0.2) is 15.4 Å². The van der Waals surface area contributed by atoms with Crippen LogP contribution in [0.15, 0.2) is 18.6 Å². The van der Waals surface area contributed by atoms with Crippen LogP contribution in [-0.2, 0) is 14.3 Å². The van der Waals surface area contributed by atoms with Crippen LogP contribution in [0.5, 0.6) is 0 Å². The highest BCUT2D eigenvalue weighted by molar-refractivity contribution is 5.87. The van der Waals surface area contributed by atoms with Crippen molar-refractivity contribution >= 4 is 16.9 Å². The molecule has 3 rings (SSSR count). The lowest BCUT2D eigenvalue weighted by atomic mass is 9.96. The van der Waals surface area contributed by atoms with E-state index >= 15 is 0 Å². The van der Waals surface area contributed by atoms with Crippen LogP contribution in [0.1, 0.15) is 20.1 Å². The largest absolute Gasteiger partial charge is 0.394 e. The van der Waals surface area contributed by atoms with Gasteiger partial charge in [0.15, 0.2) is 12.0 Å². The Morgan fingerprint density at radius 2 is 2.25 bits per heavy atom. The number of ether oxygens (including phenoxy) is 2. The molecule has 0 spiro atoms. The van der Waals surface area contributed by atoms with E-state index in [-0.39, 0.29) is 6.61 Å². The highest BCUT2D eigenvalue weighted by Gasteiger charge is 2.54. The third kappa shape index (κ3) is 2.54. The maximum atomic E-state index is 10.4. The van der Waals surface area contributed by atoms with Crippen LogP contribution in [0.4, 0.5) is 5.82 Å². The topological polar surface area (TPSA) is 111 Å². The second kappa shape index (κ2) is 6.61. The van der Waals surface area contributed by atoms with E-state index in [0.717, 1.165) is 5.39 Å². The molecular formula is C15H22N4O5. The first kappa shape index (κ1) is 17.1. The molecule has 1 aliphatic rings. The van der Waals surface area contributed by atoms with Gasteiger partial charge in [-0.05, 0) is 19.9 Å². The van der Waals surface area contributed by atoms with Crippen LogP contribution >= 0.6 is 0 Å². The zero-order valence-electron chi connectivity index (χ0n) is 13.8. The Morgan fingerprint density at radius 3 is 2.92 bits per heavy atom. The van der Waals surface area contributed by atoms with E-state index in [2.05, 4.69) is 15.4 Å². The summed E-state index contributed by atoms with van der Waals surface area (Å²) in [5.74, 6) is 0.539. The number of methoxy groups -OCH3 is 1. The van der Waals surface area contributed by atoms with E-state index in [0.29, 0.717) is 18.1 Å². The van der Waals surface area contributed by atoms with Gasteiger partial charge in [-0.3, -0.25) is 4.84 Å². The molecule has 4 atom stereocenters. The van der Waals surface area contributed by atoms with Crippen molar-refractivity contribution in [3.05, 3.63) is 18.6 Å². The predicted octanol–water partition coefficient (Wildman–Crippen LogP) is 0.450. The molecular weight excluding hydrogens is 316 g/mol. The zero-order chi connectivity index (χ0) is 17.3. The number of anilines is 1. The summed E-state index contributed by atoms with van der Waals surface area (Å²) in [6.07, 6.45) is 0.837. The number of fused-ring (bicyclic) bond motifs is 1. The highest BCUT2D eigenvalue weighted by Crippen LogP contribution is 2.42. The molecule has 0 radical (unpaired) electrons. The summed E-state index contributed by atoms with van der Waals surface area (Å²) in [7, 11) is 1.50. The molecule has 9 heteroatoms. The summed E-state index contributed by atoms with van der Waals surface area (Å²) in [6, 6.07) is 1.83. The van der Waals surface area contributed by atoms with Crippen LogP contribution in [0, 0.1) is 0 Å². The van der Waals surface area contributed by atoms with E-state index < -0.39 is 24.0 Å². The van der Waals surface area contributed by atoms with Gasteiger partial charge in [0.25, 0.3) is 0 Å². The molecule has 1 aliphatic heterocycles. The highest BCUT2D eigenvalue weighted by atomic mass is 16.6. The molecule has 1 fully saturated rings. The summed E-state index contributed by atoms with van der Waals surface area (Å²) >= 11 is 0. The van der Waals surface area contributed by atoms with Crippen molar-refractivity contribution in [3.8, 4) is 0 Å². The van der Waals surface area contributed by atoms with Gasteiger partial charge in [0.1, 0.15) is 29.8 Å². The Labute approximate surface area is 139 Å². The Morgan fingerprint density at radius 1 is 1.46 bits per heavy atom. The van der Waals surface area contributed by atoms with Gasteiger partial charge in [0, 0.05) is 13.3 Å². The fraction of sp³-hybridized carbons (Fsp3) is 0.600. The Kier molecular flexibility index (Phi) is 4.70. The molecule has 132 valence electrons. The SMILES string of the molecule is CCONc1ncnc2c1ccn2[C@@H]1OC(CO)C(O)[C@@]1(C)OC. The average molecular weight is 338 g/mol. The number of nitrogens with zero attached hydrogens (tertiary/aromatic N) is 3. The molecule has 3 heterocycles. The molecule has 24 heavy (non-hydrogen) atoms. The lowest BCUT2D eigenvalue weighted by Crippen LogP contribution is -2.46. The lowest BCUT2D eigenvalue weighted by molar-refractivity contribution is -0.118. The van der Waals surface area contributed by atoms with Gasteiger partial charge in [0.2, 0.25) is 0 Å². The van der Waals surface area contributed by atoms with E-state index in [9.17, 15) is 10.2 Å². The Hall–Kier alpha value is -1.78. The minimum absolute atomic E-state index is 0.304. The van der Waals surface area contributed by atoms with Crippen molar-refractivity contribution < 1.29 is 24.5 Å². The quantitative estimate of drug-likeness (QED) is 0.651. The van der Waals surface area contributed by atoms with Gasteiger partial charge in [-0.1, -0.05) is 0 Å². The third-order valence-electron chi connectivity index (χ3n) is 4.43.